The summed E-state index contributed by atoms with van der Waals surface area (Å²) in [6.07, 6.45) is 2.20. The molecule has 2 aromatic carbocycles. The van der Waals surface area contributed by atoms with Crippen LogP contribution in [0.2, 0.25) is 0 Å². The third-order valence-corrected chi connectivity index (χ3v) is 7.68. The van der Waals surface area contributed by atoms with Crippen molar-refractivity contribution in [2.24, 2.45) is 7.05 Å². The highest BCUT2D eigenvalue weighted by Gasteiger charge is 2.19. The predicted molar refractivity (Wildman–Crippen MR) is 155 cm³/mol. The summed E-state index contributed by atoms with van der Waals surface area (Å²) in [7, 11) is 2.05. The van der Waals surface area contributed by atoms with Crippen LogP contribution in [-0.2, 0) is 20.0 Å². The molecule has 1 aliphatic heterocycles. The average Bonchev–Trinajstić information content (AvgIpc) is 3.25. The SMILES string of the molecule is CCN(CC)CCOc1cccc2c1CCN(CCCSc1nnc(-c3ccccc3)n1C)C2.Cl.Cl. The van der Waals surface area contributed by atoms with Crippen LogP contribution in [0.15, 0.2) is 53.7 Å². The third kappa shape index (κ3) is 7.86. The molecule has 198 valence electrons. The van der Waals surface area contributed by atoms with Crippen molar-refractivity contribution in [2.45, 2.75) is 38.4 Å². The van der Waals surface area contributed by atoms with Gasteiger partial charge in [0.2, 0.25) is 0 Å². The van der Waals surface area contributed by atoms with E-state index in [2.05, 4.69) is 68.7 Å². The molecule has 1 aliphatic rings. The quantitative estimate of drug-likeness (QED) is 0.216. The molecule has 1 aromatic heterocycles. The number of hydrogen-bond acceptors (Lipinski definition) is 6. The van der Waals surface area contributed by atoms with Crippen molar-refractivity contribution in [1.29, 1.82) is 0 Å². The van der Waals surface area contributed by atoms with E-state index in [1.165, 1.54) is 11.1 Å². The lowest BCUT2D eigenvalue weighted by molar-refractivity contribution is 0.216. The van der Waals surface area contributed by atoms with E-state index in [9.17, 15) is 0 Å². The second kappa shape index (κ2) is 15.5. The van der Waals surface area contributed by atoms with E-state index in [1.807, 2.05) is 25.2 Å². The zero-order valence-electron chi connectivity index (χ0n) is 21.6. The summed E-state index contributed by atoms with van der Waals surface area (Å²) in [5.41, 5.74) is 3.92. The Morgan fingerprint density at radius 1 is 1.00 bits per heavy atom. The molecular weight excluding hydrogens is 513 g/mol. The minimum atomic E-state index is 0. The summed E-state index contributed by atoms with van der Waals surface area (Å²) in [5.74, 6) is 3.04. The molecule has 0 saturated heterocycles. The van der Waals surface area contributed by atoms with Gasteiger partial charge in [-0.15, -0.1) is 35.0 Å². The Kier molecular flexibility index (Phi) is 13.1. The lowest BCUT2D eigenvalue weighted by atomic mass is 9.98. The number of thioether (sulfide) groups is 1. The van der Waals surface area contributed by atoms with Crippen LogP contribution in [0.3, 0.4) is 0 Å². The molecule has 0 fully saturated rings. The zero-order valence-corrected chi connectivity index (χ0v) is 24.0. The molecule has 0 radical (unpaired) electrons. The molecule has 4 rings (SSSR count). The molecule has 2 heterocycles. The summed E-state index contributed by atoms with van der Waals surface area (Å²) >= 11 is 1.79. The maximum absolute atomic E-state index is 6.19. The lowest BCUT2D eigenvalue weighted by Crippen LogP contribution is -2.32. The standard InChI is InChI=1S/C27H37N5OS.2ClH/c1-4-31(5-2)18-19-33-25-14-9-13-23-21-32(17-15-24(23)25)16-10-20-34-27-29-28-26(30(27)3)22-11-7-6-8-12-22;;/h6-9,11-14H,4-5,10,15-21H2,1-3H3;2*1H. The Morgan fingerprint density at radius 3 is 2.53 bits per heavy atom. The van der Waals surface area contributed by atoms with Gasteiger partial charge in [0.1, 0.15) is 12.4 Å². The first kappa shape index (κ1) is 30.5. The van der Waals surface area contributed by atoms with E-state index in [-0.39, 0.29) is 24.8 Å². The second-order valence-corrected chi connectivity index (χ2v) is 9.79. The topological polar surface area (TPSA) is 46.4 Å². The first-order valence-electron chi connectivity index (χ1n) is 12.5. The first-order valence-corrected chi connectivity index (χ1v) is 13.4. The fourth-order valence-electron chi connectivity index (χ4n) is 4.51. The number of fused-ring (bicyclic) bond motifs is 1. The molecule has 0 spiro atoms. The summed E-state index contributed by atoms with van der Waals surface area (Å²) < 4.78 is 8.28. The minimum Gasteiger partial charge on any atom is -0.492 e. The highest BCUT2D eigenvalue weighted by atomic mass is 35.5. The van der Waals surface area contributed by atoms with Crippen molar-refractivity contribution in [2.75, 3.05) is 45.1 Å². The molecule has 36 heavy (non-hydrogen) atoms. The van der Waals surface area contributed by atoms with Crippen LogP contribution < -0.4 is 4.74 Å². The molecule has 6 nitrogen and oxygen atoms in total. The van der Waals surface area contributed by atoms with Gasteiger partial charge in [0, 0.05) is 38.0 Å². The second-order valence-electron chi connectivity index (χ2n) is 8.73. The third-order valence-electron chi connectivity index (χ3n) is 6.58. The maximum atomic E-state index is 6.19. The normalized spacial score (nSPS) is 13.1. The van der Waals surface area contributed by atoms with Crippen LogP contribution in [0.25, 0.3) is 11.4 Å². The van der Waals surface area contributed by atoms with Gasteiger partial charge in [0.05, 0.1) is 0 Å². The molecule has 3 aromatic rings. The fraction of sp³-hybridized carbons (Fsp3) is 0.481. The van der Waals surface area contributed by atoms with E-state index < -0.39 is 0 Å². The molecule has 9 heteroatoms. The number of nitrogens with zero attached hydrogens (tertiary/aromatic N) is 5. The highest BCUT2D eigenvalue weighted by molar-refractivity contribution is 7.99. The van der Waals surface area contributed by atoms with Crippen molar-refractivity contribution < 1.29 is 4.74 Å². The van der Waals surface area contributed by atoms with Crippen molar-refractivity contribution in [1.82, 2.24) is 24.6 Å². The van der Waals surface area contributed by atoms with Gasteiger partial charge in [-0.25, -0.2) is 0 Å². The number of ether oxygens (including phenoxy) is 1. The van der Waals surface area contributed by atoms with Crippen LogP contribution in [0.5, 0.6) is 5.75 Å². The van der Waals surface area contributed by atoms with Gasteiger partial charge in [0.15, 0.2) is 11.0 Å². The molecule has 0 bridgehead atoms. The number of halogens is 2. The van der Waals surface area contributed by atoms with Crippen molar-refractivity contribution in [3.63, 3.8) is 0 Å². The van der Waals surface area contributed by atoms with Gasteiger partial charge in [0.25, 0.3) is 0 Å². The van der Waals surface area contributed by atoms with Crippen LogP contribution in [0.1, 0.15) is 31.4 Å². The molecule has 0 N–H and O–H groups in total. The maximum Gasteiger partial charge on any atom is 0.191 e. The lowest BCUT2D eigenvalue weighted by Gasteiger charge is -2.30. The molecule has 0 atom stereocenters. The highest BCUT2D eigenvalue weighted by Crippen LogP contribution is 2.28. The summed E-state index contributed by atoms with van der Waals surface area (Å²) in [6, 6.07) is 16.8. The summed E-state index contributed by atoms with van der Waals surface area (Å²) in [6.45, 7) is 11.5. The number of benzene rings is 2. The van der Waals surface area contributed by atoms with Gasteiger partial charge < -0.3 is 14.2 Å². The monoisotopic (exact) mass is 551 g/mol. The number of hydrogen-bond donors (Lipinski definition) is 0. The molecule has 0 unspecified atom stereocenters. The van der Waals surface area contributed by atoms with Crippen LogP contribution in [-0.4, -0.2) is 69.6 Å². The Labute approximate surface area is 232 Å². The average molecular weight is 553 g/mol. The van der Waals surface area contributed by atoms with Gasteiger partial charge in [-0.1, -0.05) is 68.1 Å². The van der Waals surface area contributed by atoms with E-state index in [4.69, 9.17) is 4.74 Å². The van der Waals surface area contributed by atoms with Gasteiger partial charge in [-0.05, 0) is 49.7 Å². The van der Waals surface area contributed by atoms with Crippen molar-refractivity contribution >= 4 is 36.6 Å². The first-order chi connectivity index (χ1) is 16.7. The van der Waals surface area contributed by atoms with E-state index in [1.54, 1.807) is 11.8 Å². The molecule has 0 amide bonds. The number of rotatable bonds is 12. The number of likely N-dealkylation sites (N-methyl/N-ethyl adjacent to an activating group) is 1. The van der Waals surface area contributed by atoms with E-state index in [0.717, 1.165) is 86.8 Å². The largest absolute Gasteiger partial charge is 0.492 e. The van der Waals surface area contributed by atoms with E-state index in [0.29, 0.717) is 0 Å². The summed E-state index contributed by atoms with van der Waals surface area (Å²) in [4.78, 5) is 4.97. The van der Waals surface area contributed by atoms with Crippen LogP contribution in [0.4, 0.5) is 0 Å². The Hall–Kier alpha value is -1.77. The van der Waals surface area contributed by atoms with Gasteiger partial charge in [-0.3, -0.25) is 4.90 Å². The van der Waals surface area contributed by atoms with Crippen LogP contribution >= 0.6 is 36.6 Å². The molecule has 0 aliphatic carbocycles. The predicted octanol–water partition coefficient (Wildman–Crippen LogP) is 5.59. The smallest absolute Gasteiger partial charge is 0.191 e. The molecule has 0 saturated carbocycles. The summed E-state index contributed by atoms with van der Waals surface area (Å²) in [5, 5.41) is 9.78. The van der Waals surface area contributed by atoms with Crippen LogP contribution in [0, 0.1) is 0 Å². The van der Waals surface area contributed by atoms with Gasteiger partial charge >= 0.3 is 0 Å². The zero-order chi connectivity index (χ0) is 23.8. The van der Waals surface area contributed by atoms with E-state index >= 15 is 0 Å². The fourth-order valence-corrected chi connectivity index (χ4v) is 5.35. The van der Waals surface area contributed by atoms with Crippen molar-refractivity contribution in [3.8, 4) is 17.1 Å². The number of aromatic nitrogens is 3. The minimum absolute atomic E-state index is 0. The Bertz CT molecular complexity index is 1050. The van der Waals surface area contributed by atoms with Gasteiger partial charge in [-0.2, -0.15) is 0 Å². The van der Waals surface area contributed by atoms with Crippen molar-refractivity contribution in [3.05, 3.63) is 59.7 Å². The Balaban J connectivity index is 0.00000228. The Morgan fingerprint density at radius 2 is 1.78 bits per heavy atom. The molecular formula is C27H39Cl2N5OS.